The zero-order chi connectivity index (χ0) is 30.1. The van der Waals surface area contributed by atoms with E-state index in [0.717, 1.165) is 59.0 Å². The lowest BCUT2D eigenvalue weighted by Crippen LogP contribution is -2.34. The van der Waals surface area contributed by atoms with Gasteiger partial charge >= 0.3 is 5.97 Å². The minimum atomic E-state index is -1.79. The van der Waals surface area contributed by atoms with Gasteiger partial charge in [0, 0.05) is 35.1 Å². The average molecular weight is 600 g/mol. The molecule has 1 aliphatic heterocycles. The van der Waals surface area contributed by atoms with E-state index in [-0.39, 0.29) is 6.54 Å². The van der Waals surface area contributed by atoms with Crippen LogP contribution in [-0.2, 0) is 35.5 Å². The van der Waals surface area contributed by atoms with Gasteiger partial charge in [0.15, 0.2) is 11.2 Å². The average Bonchev–Trinajstić information content (AvgIpc) is 3.25. The molecule has 0 bridgehead atoms. The molecule has 4 aromatic rings. The highest BCUT2D eigenvalue weighted by molar-refractivity contribution is 7.81. The Hall–Kier alpha value is -3.95. The number of benzene rings is 3. The summed E-state index contributed by atoms with van der Waals surface area (Å²) in [4.78, 5) is 26.1. The van der Waals surface area contributed by atoms with Gasteiger partial charge in [0.2, 0.25) is 0 Å². The molecule has 3 aromatic carbocycles. The second kappa shape index (κ2) is 12.0. The van der Waals surface area contributed by atoms with Crippen molar-refractivity contribution in [2.45, 2.75) is 64.5 Å². The standard InChI is InChI=1S/C34H37N3O5S/c1-34(33(39)40)19-25-17-26(42-2)14-16-27(25)31-30(23-11-7-4-8-12-23)28-15-13-24(18-29(28)37(31)21-34)32(38)36-43(41)35-20-22-9-5-3-6-10-22/h3,5-6,9-10,13-18,23,35H,4,7-8,11-12,19-21H2,1-2H3,(H,36,38)(H,39,40). The summed E-state index contributed by atoms with van der Waals surface area (Å²) in [5, 5.41) is 11.5. The van der Waals surface area contributed by atoms with Gasteiger partial charge in [-0.1, -0.05) is 55.7 Å². The molecular formula is C34H37N3O5S. The molecule has 8 nitrogen and oxygen atoms in total. The van der Waals surface area contributed by atoms with Crippen LogP contribution in [0.3, 0.4) is 0 Å². The fourth-order valence-electron chi connectivity index (χ4n) is 6.74. The molecule has 43 heavy (non-hydrogen) atoms. The fourth-order valence-corrected chi connectivity index (χ4v) is 7.40. The highest BCUT2D eigenvalue weighted by Crippen LogP contribution is 2.48. The van der Waals surface area contributed by atoms with Gasteiger partial charge in [0.1, 0.15) is 5.75 Å². The van der Waals surface area contributed by atoms with E-state index in [9.17, 15) is 18.9 Å². The fraction of sp³-hybridized carbons (Fsp3) is 0.353. The molecule has 1 fully saturated rings. The van der Waals surface area contributed by atoms with Crippen molar-refractivity contribution in [3.05, 3.63) is 89.0 Å². The maximum atomic E-state index is 13.3. The molecule has 1 amide bonds. The van der Waals surface area contributed by atoms with E-state index in [1.165, 1.54) is 12.0 Å². The largest absolute Gasteiger partial charge is 0.497 e. The van der Waals surface area contributed by atoms with E-state index in [2.05, 4.69) is 14.0 Å². The molecule has 0 spiro atoms. The summed E-state index contributed by atoms with van der Waals surface area (Å²) in [6.45, 7) is 2.40. The topological polar surface area (TPSA) is 110 Å². The molecule has 224 valence electrons. The van der Waals surface area contributed by atoms with Crippen LogP contribution in [0, 0.1) is 5.41 Å². The Labute approximate surface area is 254 Å². The van der Waals surface area contributed by atoms with E-state index in [1.807, 2.05) is 60.7 Å². The van der Waals surface area contributed by atoms with Crippen molar-refractivity contribution in [1.82, 2.24) is 14.0 Å². The molecule has 9 heteroatoms. The number of ether oxygens (including phenoxy) is 1. The third kappa shape index (κ3) is 5.71. The highest BCUT2D eigenvalue weighted by atomic mass is 32.2. The van der Waals surface area contributed by atoms with Gasteiger partial charge in [-0.3, -0.25) is 14.3 Å². The number of carbonyl (C=O) groups is 2. The quantitative estimate of drug-likeness (QED) is 0.226. The number of aliphatic carboxylic acids is 1. The number of nitrogens with zero attached hydrogens (tertiary/aromatic N) is 1. The van der Waals surface area contributed by atoms with Gasteiger partial charge in [-0.2, -0.15) is 0 Å². The van der Waals surface area contributed by atoms with E-state index in [4.69, 9.17) is 4.74 Å². The molecule has 2 aliphatic rings. The van der Waals surface area contributed by atoms with Crippen molar-refractivity contribution in [3.63, 3.8) is 0 Å². The summed E-state index contributed by atoms with van der Waals surface area (Å²) in [5.74, 6) is -0.298. The monoisotopic (exact) mass is 599 g/mol. The first-order valence-corrected chi connectivity index (χ1v) is 16.0. The van der Waals surface area contributed by atoms with E-state index >= 15 is 0 Å². The van der Waals surface area contributed by atoms with Crippen molar-refractivity contribution in [3.8, 4) is 17.0 Å². The third-order valence-corrected chi connectivity index (χ3v) is 9.76. The lowest BCUT2D eigenvalue weighted by molar-refractivity contribution is -0.148. The number of hydrogen-bond acceptors (Lipinski definition) is 4. The van der Waals surface area contributed by atoms with Crippen LogP contribution in [0.15, 0.2) is 66.7 Å². The minimum Gasteiger partial charge on any atom is -0.497 e. The molecule has 0 saturated heterocycles. The summed E-state index contributed by atoms with van der Waals surface area (Å²) in [5.41, 5.74) is 5.29. The molecule has 3 N–H and O–H groups in total. The van der Waals surface area contributed by atoms with Gasteiger partial charge in [-0.25, -0.2) is 8.93 Å². The number of rotatable bonds is 8. The van der Waals surface area contributed by atoms with Crippen LogP contribution in [0.5, 0.6) is 5.75 Å². The van der Waals surface area contributed by atoms with Crippen LogP contribution in [0.4, 0.5) is 0 Å². The molecule has 1 saturated carbocycles. The normalized spacial score (nSPS) is 19.2. The predicted molar refractivity (Wildman–Crippen MR) is 168 cm³/mol. The number of aromatic nitrogens is 1. The van der Waals surface area contributed by atoms with Crippen molar-refractivity contribution >= 4 is 34.0 Å². The summed E-state index contributed by atoms with van der Waals surface area (Å²) < 4.78 is 25.7. The van der Waals surface area contributed by atoms with Crippen molar-refractivity contribution in [1.29, 1.82) is 0 Å². The van der Waals surface area contributed by atoms with E-state index in [1.54, 1.807) is 20.1 Å². The molecule has 2 unspecified atom stereocenters. The number of nitrogens with one attached hydrogen (secondary N) is 2. The first-order chi connectivity index (χ1) is 20.8. The number of methoxy groups -OCH3 is 1. The van der Waals surface area contributed by atoms with Crippen LogP contribution in [0.1, 0.15) is 72.0 Å². The summed E-state index contributed by atoms with van der Waals surface area (Å²) in [6, 6.07) is 21.1. The van der Waals surface area contributed by atoms with Crippen LogP contribution >= 0.6 is 0 Å². The number of fused-ring (bicyclic) bond motifs is 5. The predicted octanol–water partition coefficient (Wildman–Crippen LogP) is 6.11. The van der Waals surface area contributed by atoms with Crippen LogP contribution in [0.25, 0.3) is 22.2 Å². The first-order valence-electron chi connectivity index (χ1n) is 14.8. The first kappa shape index (κ1) is 29.1. The van der Waals surface area contributed by atoms with Crippen molar-refractivity contribution < 1.29 is 23.6 Å². The van der Waals surface area contributed by atoms with Gasteiger partial charge in [-0.05, 0) is 79.1 Å². The molecular weight excluding hydrogens is 562 g/mol. The van der Waals surface area contributed by atoms with Crippen LogP contribution in [0.2, 0.25) is 0 Å². The smallest absolute Gasteiger partial charge is 0.311 e. The third-order valence-electron chi connectivity index (χ3n) is 8.99. The summed E-state index contributed by atoms with van der Waals surface area (Å²) in [6.07, 6.45) is 6.02. The number of carboxylic acids is 1. The molecule has 0 radical (unpaired) electrons. The molecule has 2 atom stereocenters. The number of carboxylic acid groups (broad SMARTS) is 1. The molecule has 2 heterocycles. The van der Waals surface area contributed by atoms with Crippen LogP contribution in [-0.4, -0.2) is 32.9 Å². The Morgan fingerprint density at radius 1 is 1.05 bits per heavy atom. The SMILES string of the molecule is COc1ccc2c(c1)CC(C)(C(=O)O)Cn1c-2c(C2CCCCC2)c2ccc(C(=O)NS(=O)NCc3ccccc3)cc21. The lowest BCUT2D eigenvalue weighted by atomic mass is 9.80. The van der Waals surface area contributed by atoms with Gasteiger partial charge in [0.05, 0.1) is 18.2 Å². The van der Waals surface area contributed by atoms with Gasteiger partial charge in [-0.15, -0.1) is 0 Å². The van der Waals surface area contributed by atoms with Gasteiger partial charge < -0.3 is 14.4 Å². The molecule has 1 aliphatic carbocycles. The number of hydrogen-bond donors (Lipinski definition) is 3. The van der Waals surface area contributed by atoms with Crippen molar-refractivity contribution in [2.24, 2.45) is 5.41 Å². The Bertz CT molecular complexity index is 1710. The zero-order valence-corrected chi connectivity index (χ0v) is 25.3. The summed E-state index contributed by atoms with van der Waals surface area (Å²) >= 11 is -1.79. The van der Waals surface area contributed by atoms with Crippen molar-refractivity contribution in [2.75, 3.05) is 7.11 Å². The Morgan fingerprint density at radius 2 is 1.81 bits per heavy atom. The number of amides is 1. The van der Waals surface area contributed by atoms with Crippen LogP contribution < -0.4 is 14.2 Å². The molecule has 1 aromatic heterocycles. The second-order valence-electron chi connectivity index (χ2n) is 12.0. The summed E-state index contributed by atoms with van der Waals surface area (Å²) in [7, 11) is 1.62. The Morgan fingerprint density at radius 3 is 2.53 bits per heavy atom. The zero-order valence-electron chi connectivity index (χ0n) is 24.5. The number of carbonyl (C=O) groups excluding carboxylic acids is 1. The molecule has 6 rings (SSSR count). The van der Waals surface area contributed by atoms with Gasteiger partial charge in [0.25, 0.3) is 5.91 Å². The maximum absolute atomic E-state index is 13.3. The highest BCUT2D eigenvalue weighted by Gasteiger charge is 2.40. The Balaban J connectivity index is 1.44. The Kier molecular flexibility index (Phi) is 8.11. The van der Waals surface area contributed by atoms with E-state index in [0.29, 0.717) is 30.2 Å². The maximum Gasteiger partial charge on any atom is 0.311 e. The second-order valence-corrected chi connectivity index (χ2v) is 13.0. The minimum absolute atomic E-state index is 0.257. The lowest BCUT2D eigenvalue weighted by Gasteiger charge is -2.24. The van der Waals surface area contributed by atoms with E-state index < -0.39 is 28.5 Å².